The summed E-state index contributed by atoms with van der Waals surface area (Å²) < 4.78 is 0. The zero-order valence-corrected chi connectivity index (χ0v) is 46.6. The number of benzene rings is 6. The van der Waals surface area contributed by atoms with Crippen molar-refractivity contribution < 1.29 is 0 Å². The molecule has 0 unspecified atom stereocenters. The molecule has 0 aliphatic heterocycles. The maximum Gasteiger partial charge on any atom is -0.000730 e. The summed E-state index contributed by atoms with van der Waals surface area (Å²) in [5, 5.41) is 5.67. The fourth-order valence-corrected chi connectivity index (χ4v) is 11.7. The summed E-state index contributed by atoms with van der Waals surface area (Å²) in [6.45, 7) is 48.1. The van der Waals surface area contributed by atoms with Gasteiger partial charge in [-0.15, -0.1) is 0 Å². The van der Waals surface area contributed by atoms with Crippen LogP contribution in [0.25, 0.3) is 44.5 Å². The van der Waals surface area contributed by atoms with E-state index in [1.807, 2.05) is 0 Å². The molecule has 0 spiro atoms. The van der Waals surface area contributed by atoms with Crippen molar-refractivity contribution in [1.82, 2.24) is 0 Å². The summed E-state index contributed by atoms with van der Waals surface area (Å²) in [7, 11) is 0. The Kier molecular flexibility index (Phi) is 14.2. The van der Waals surface area contributed by atoms with Crippen LogP contribution in [0.4, 0.5) is 0 Å². The molecule has 7 rings (SSSR count). The molecular formula is C68H88. The lowest BCUT2D eigenvalue weighted by Gasteiger charge is -2.33. The van der Waals surface area contributed by atoms with Gasteiger partial charge in [-0.1, -0.05) is 211 Å². The van der Waals surface area contributed by atoms with Crippen LogP contribution in [0.15, 0.2) is 72.8 Å². The van der Waals surface area contributed by atoms with E-state index >= 15 is 0 Å². The van der Waals surface area contributed by atoms with Crippen molar-refractivity contribution in [3.8, 4) is 44.5 Å². The second-order valence-corrected chi connectivity index (χ2v) is 24.3. The maximum atomic E-state index is 2.67. The van der Waals surface area contributed by atoms with Crippen molar-refractivity contribution in [2.75, 3.05) is 0 Å². The third-order valence-corrected chi connectivity index (χ3v) is 15.8. The lowest BCUT2D eigenvalue weighted by Crippen LogP contribution is -2.16. The molecule has 0 saturated carbocycles. The van der Waals surface area contributed by atoms with E-state index in [2.05, 4.69) is 211 Å². The Morgan fingerprint density at radius 3 is 0.691 bits per heavy atom. The molecule has 0 atom stereocenters. The van der Waals surface area contributed by atoms with Crippen LogP contribution < -0.4 is 0 Å². The third kappa shape index (κ3) is 8.90. The lowest BCUT2D eigenvalue weighted by molar-refractivity contribution is 0.588. The number of fused-ring (bicyclic) bond motifs is 2. The molecule has 0 radical (unpaired) electrons. The summed E-state index contributed by atoms with van der Waals surface area (Å²) in [5.41, 5.74) is 29.0. The van der Waals surface area contributed by atoms with Crippen molar-refractivity contribution in [2.24, 2.45) is 0 Å². The SMILES string of the molecule is CCc1cc(C(C)(C)C)cc(-c2c(-c3cc(C(C)(C)C)cc(CC)c3CC)c(-c3cc(C(C)(C)C)cc(CC)c3CC)c3c(c2-c2cc(C(C)(C)C)cc(CC)c2CC)=c2ccccc2=3)c1CC. The second-order valence-electron chi connectivity index (χ2n) is 24.3. The highest BCUT2D eigenvalue weighted by Crippen LogP contribution is 2.54. The van der Waals surface area contributed by atoms with Gasteiger partial charge in [0, 0.05) is 0 Å². The van der Waals surface area contributed by atoms with Crippen LogP contribution in [0.1, 0.15) is 205 Å². The Hall–Kier alpha value is -4.68. The maximum absolute atomic E-state index is 2.67. The topological polar surface area (TPSA) is 0 Å². The van der Waals surface area contributed by atoms with Gasteiger partial charge in [0.1, 0.15) is 0 Å². The molecule has 360 valence electrons. The first-order valence-electron chi connectivity index (χ1n) is 26.9. The molecular weight excluding hydrogens is 817 g/mol. The van der Waals surface area contributed by atoms with Gasteiger partial charge in [0.2, 0.25) is 0 Å². The molecule has 0 saturated heterocycles. The van der Waals surface area contributed by atoms with E-state index in [0.717, 1.165) is 51.4 Å². The average molecular weight is 905 g/mol. The van der Waals surface area contributed by atoms with E-state index in [0.29, 0.717) is 0 Å². The average Bonchev–Trinajstić information content (AvgIpc) is 3.28. The molecule has 6 aromatic rings. The smallest absolute Gasteiger partial charge is 0.000730 e. The number of rotatable bonds is 12. The number of hydrogen-bond acceptors (Lipinski definition) is 0. The van der Waals surface area contributed by atoms with E-state index in [-0.39, 0.29) is 21.7 Å². The quantitative estimate of drug-likeness (QED) is 0.115. The minimum Gasteiger partial charge on any atom is -0.0616 e. The molecule has 1 aliphatic rings. The molecule has 0 amide bonds. The standard InChI is InChI=1S/C68H88/c1-21-41-33-45(65(9,10)11)37-55(49(41)25-5)61-59-53-31-29-30-32-54(53)60(59)62(56-38-46(66(12,13)14)34-42(22-2)50(56)26-6)64(58-40-48(68(18,19)20)36-44(24-4)52(58)28-8)63(61)57-39-47(67(15,16)17)35-43(23-3)51(57)27-7/h29-40H,21-28H2,1-20H3. The van der Waals surface area contributed by atoms with E-state index in [9.17, 15) is 0 Å². The van der Waals surface area contributed by atoms with E-state index in [1.165, 1.54) is 132 Å². The first-order valence-corrected chi connectivity index (χ1v) is 26.9. The van der Waals surface area contributed by atoms with Gasteiger partial charge in [0.05, 0.1) is 0 Å². The first kappa shape index (κ1) is 51.2. The third-order valence-electron chi connectivity index (χ3n) is 15.8. The van der Waals surface area contributed by atoms with Gasteiger partial charge in [-0.2, -0.15) is 0 Å². The fraction of sp³-hybridized carbons (Fsp3) is 0.471. The zero-order chi connectivity index (χ0) is 50.0. The molecule has 0 N–H and O–H groups in total. The van der Waals surface area contributed by atoms with Crippen LogP contribution in [-0.2, 0) is 73.0 Å². The highest BCUT2D eigenvalue weighted by atomic mass is 14.4. The Labute approximate surface area is 414 Å². The van der Waals surface area contributed by atoms with Crippen molar-refractivity contribution >= 4 is 0 Å². The summed E-state index contributed by atoms with van der Waals surface area (Å²) in [4.78, 5) is 0. The summed E-state index contributed by atoms with van der Waals surface area (Å²) in [5.74, 6) is 0. The predicted octanol–water partition coefficient (Wildman–Crippen LogP) is 18.9. The summed E-state index contributed by atoms with van der Waals surface area (Å²) >= 11 is 0. The summed E-state index contributed by atoms with van der Waals surface area (Å²) in [6, 6.07) is 30.3. The Balaban J connectivity index is 2.02. The lowest BCUT2D eigenvalue weighted by atomic mass is 9.70. The second kappa shape index (κ2) is 18.9. The van der Waals surface area contributed by atoms with Crippen LogP contribution in [-0.4, -0.2) is 0 Å². The highest BCUT2D eigenvalue weighted by molar-refractivity contribution is 6.05. The van der Waals surface area contributed by atoms with Crippen molar-refractivity contribution in [1.29, 1.82) is 0 Å². The molecule has 0 aromatic heterocycles. The van der Waals surface area contributed by atoms with Crippen LogP contribution in [0.3, 0.4) is 0 Å². The Morgan fingerprint density at radius 1 is 0.279 bits per heavy atom. The molecule has 0 heteroatoms. The monoisotopic (exact) mass is 905 g/mol. The molecule has 0 heterocycles. The van der Waals surface area contributed by atoms with Gasteiger partial charge in [-0.25, -0.2) is 0 Å². The molecule has 1 aliphatic carbocycles. The largest absolute Gasteiger partial charge is 0.0616 e. The minimum atomic E-state index is -0.0425. The van der Waals surface area contributed by atoms with Gasteiger partial charge in [0.15, 0.2) is 0 Å². The van der Waals surface area contributed by atoms with E-state index in [1.54, 1.807) is 0 Å². The Bertz CT molecular complexity index is 2890. The molecule has 0 bridgehead atoms. The van der Waals surface area contributed by atoms with Crippen molar-refractivity contribution in [3.05, 3.63) is 160 Å². The van der Waals surface area contributed by atoms with Crippen LogP contribution in [0.2, 0.25) is 0 Å². The van der Waals surface area contributed by atoms with E-state index < -0.39 is 0 Å². The van der Waals surface area contributed by atoms with Crippen LogP contribution in [0, 0.1) is 20.9 Å². The van der Waals surface area contributed by atoms with Gasteiger partial charge in [0.25, 0.3) is 0 Å². The van der Waals surface area contributed by atoms with Gasteiger partial charge >= 0.3 is 0 Å². The molecule has 6 aromatic carbocycles. The molecule has 68 heavy (non-hydrogen) atoms. The van der Waals surface area contributed by atoms with Gasteiger partial charge in [-0.3, -0.25) is 0 Å². The van der Waals surface area contributed by atoms with Crippen LogP contribution >= 0.6 is 0 Å². The summed E-state index contributed by atoms with van der Waals surface area (Å²) in [6.07, 6.45) is 7.90. The van der Waals surface area contributed by atoms with Gasteiger partial charge in [-0.05, 0) is 205 Å². The Morgan fingerprint density at radius 2 is 0.500 bits per heavy atom. The number of hydrogen-bond donors (Lipinski definition) is 0. The van der Waals surface area contributed by atoms with Gasteiger partial charge < -0.3 is 0 Å². The highest BCUT2D eigenvalue weighted by Gasteiger charge is 2.34. The number of aryl methyl sites for hydroxylation is 4. The fourth-order valence-electron chi connectivity index (χ4n) is 11.7. The first-order chi connectivity index (χ1) is 31.9. The van der Waals surface area contributed by atoms with Crippen molar-refractivity contribution in [2.45, 2.75) is 212 Å². The molecule has 0 nitrogen and oxygen atoms in total. The van der Waals surface area contributed by atoms with E-state index in [4.69, 9.17) is 0 Å². The zero-order valence-electron chi connectivity index (χ0n) is 46.6. The van der Waals surface area contributed by atoms with Crippen LogP contribution in [0.5, 0.6) is 0 Å². The minimum absolute atomic E-state index is 0.0264. The predicted molar refractivity (Wildman–Crippen MR) is 300 cm³/mol. The normalized spacial score (nSPS) is 12.9. The van der Waals surface area contributed by atoms with Crippen molar-refractivity contribution in [3.63, 3.8) is 0 Å². The molecule has 0 fully saturated rings.